The third-order valence-corrected chi connectivity index (χ3v) is 1.79. The number of ether oxygens (including phenoxy) is 1. The Morgan fingerprint density at radius 2 is 1.75 bits per heavy atom. The molecule has 1 N–H and O–H groups in total. The number of hydrogen-bond donors (Lipinski definition) is 1. The van der Waals surface area contributed by atoms with Crippen molar-refractivity contribution < 1.29 is 14.6 Å². The van der Waals surface area contributed by atoms with E-state index in [1.54, 1.807) is 0 Å². The number of hydrogen-bond acceptors (Lipinski definition) is 3. The van der Waals surface area contributed by atoms with E-state index in [1.807, 2.05) is 27.7 Å². The minimum absolute atomic E-state index is 0.00116. The van der Waals surface area contributed by atoms with Gasteiger partial charge in [0.1, 0.15) is 0 Å². The number of aliphatic hydroxyl groups excluding tert-OH is 1. The topological polar surface area (TPSA) is 46.5 Å². The molecule has 0 aliphatic carbocycles. The third-order valence-electron chi connectivity index (χ3n) is 1.79. The molecular weight excluding hydrogens is 204 g/mol. The van der Waals surface area contributed by atoms with Crippen molar-refractivity contribution in [3.05, 3.63) is 0 Å². The van der Waals surface area contributed by atoms with Crippen LogP contribution in [0, 0.1) is 11.8 Å². The molecule has 0 atom stereocenters. The van der Waals surface area contributed by atoms with E-state index >= 15 is 0 Å². The van der Waals surface area contributed by atoms with Crippen LogP contribution >= 0.6 is 0 Å². The van der Waals surface area contributed by atoms with E-state index in [4.69, 9.17) is 9.84 Å². The molecule has 0 aromatic carbocycles. The summed E-state index contributed by atoms with van der Waals surface area (Å²) in [5.74, 6) is 0.329. The average Bonchev–Trinajstić information content (AvgIpc) is 2.23. The van der Waals surface area contributed by atoms with Gasteiger partial charge in [-0.2, -0.15) is 0 Å². The van der Waals surface area contributed by atoms with Crippen molar-refractivity contribution in [3.8, 4) is 0 Å². The second-order valence-electron chi connectivity index (χ2n) is 4.61. The van der Waals surface area contributed by atoms with E-state index in [2.05, 4.69) is 6.92 Å². The quantitative estimate of drug-likeness (QED) is 0.565. The van der Waals surface area contributed by atoms with Gasteiger partial charge in [-0.15, -0.1) is 0 Å². The van der Waals surface area contributed by atoms with Crippen LogP contribution in [-0.2, 0) is 9.53 Å². The number of esters is 1. The van der Waals surface area contributed by atoms with Gasteiger partial charge in [0.05, 0.1) is 12.5 Å². The second-order valence-corrected chi connectivity index (χ2v) is 4.61. The third kappa shape index (κ3) is 15.9. The average molecular weight is 232 g/mol. The monoisotopic (exact) mass is 232 g/mol. The molecule has 0 saturated heterocycles. The zero-order valence-corrected chi connectivity index (χ0v) is 11.5. The molecule has 0 heterocycles. The zero-order valence-electron chi connectivity index (χ0n) is 11.5. The van der Waals surface area contributed by atoms with E-state index < -0.39 is 0 Å². The Labute approximate surface area is 100 Å². The van der Waals surface area contributed by atoms with Crippen LogP contribution in [0.15, 0.2) is 0 Å². The minimum atomic E-state index is -0.103. The van der Waals surface area contributed by atoms with E-state index in [9.17, 15) is 4.79 Å². The van der Waals surface area contributed by atoms with Crippen LogP contribution in [0.1, 0.15) is 53.9 Å². The van der Waals surface area contributed by atoms with Gasteiger partial charge in [0.15, 0.2) is 0 Å². The summed E-state index contributed by atoms with van der Waals surface area (Å²) in [7, 11) is 0. The van der Waals surface area contributed by atoms with Crippen LogP contribution in [0.4, 0.5) is 0 Å². The van der Waals surface area contributed by atoms with Crippen LogP contribution in [0.2, 0.25) is 0 Å². The molecule has 16 heavy (non-hydrogen) atoms. The summed E-state index contributed by atoms with van der Waals surface area (Å²) >= 11 is 0. The second kappa shape index (κ2) is 12.5. The summed E-state index contributed by atoms with van der Waals surface area (Å²) < 4.78 is 4.93. The smallest absolute Gasteiger partial charge is 0.308 e. The highest BCUT2D eigenvalue weighted by atomic mass is 16.5. The fourth-order valence-electron chi connectivity index (χ4n) is 0.777. The number of carbonyl (C=O) groups excluding carboxylic acids is 1. The molecule has 3 nitrogen and oxygen atoms in total. The zero-order chi connectivity index (χ0) is 13.0. The molecule has 98 valence electrons. The van der Waals surface area contributed by atoms with Crippen LogP contribution < -0.4 is 0 Å². The molecule has 0 aromatic rings. The van der Waals surface area contributed by atoms with Gasteiger partial charge < -0.3 is 9.84 Å². The SMILES string of the molecule is CC(C)COC(=O)C(C)C.CCCCCO. The summed E-state index contributed by atoms with van der Waals surface area (Å²) in [5, 5.41) is 8.20. The molecule has 0 radical (unpaired) electrons. The lowest BCUT2D eigenvalue weighted by molar-refractivity contribution is -0.148. The number of unbranched alkanes of at least 4 members (excludes halogenated alkanes) is 2. The predicted molar refractivity (Wildman–Crippen MR) is 67.2 cm³/mol. The van der Waals surface area contributed by atoms with Gasteiger partial charge in [0, 0.05) is 6.61 Å². The fourth-order valence-corrected chi connectivity index (χ4v) is 0.777. The highest BCUT2D eigenvalue weighted by Gasteiger charge is 2.07. The summed E-state index contributed by atoms with van der Waals surface area (Å²) in [6, 6.07) is 0. The first-order chi connectivity index (χ1) is 7.45. The first-order valence-corrected chi connectivity index (χ1v) is 6.23. The lowest BCUT2D eigenvalue weighted by Gasteiger charge is -2.08. The van der Waals surface area contributed by atoms with Crippen LogP contribution in [0.25, 0.3) is 0 Å². The van der Waals surface area contributed by atoms with Crippen molar-refractivity contribution in [2.45, 2.75) is 53.9 Å². The van der Waals surface area contributed by atoms with E-state index in [0.717, 1.165) is 12.8 Å². The normalized spacial score (nSPS) is 10.0. The molecule has 0 amide bonds. The Hall–Kier alpha value is -0.570. The molecule has 0 aromatic heterocycles. The first-order valence-electron chi connectivity index (χ1n) is 6.23. The van der Waals surface area contributed by atoms with Crippen LogP contribution in [-0.4, -0.2) is 24.3 Å². The minimum Gasteiger partial charge on any atom is -0.465 e. The van der Waals surface area contributed by atoms with Crippen LogP contribution in [0.5, 0.6) is 0 Å². The fraction of sp³-hybridized carbons (Fsp3) is 0.923. The largest absolute Gasteiger partial charge is 0.465 e. The van der Waals surface area contributed by atoms with Gasteiger partial charge in [-0.1, -0.05) is 47.5 Å². The highest BCUT2D eigenvalue weighted by molar-refractivity contribution is 5.71. The Kier molecular flexibility index (Phi) is 13.9. The Morgan fingerprint density at radius 1 is 1.19 bits per heavy atom. The van der Waals surface area contributed by atoms with Gasteiger partial charge >= 0.3 is 5.97 Å². The predicted octanol–water partition coefficient (Wildman–Crippen LogP) is 3.01. The molecule has 0 unspecified atom stereocenters. The summed E-state index contributed by atoms with van der Waals surface area (Å²) in [6.45, 7) is 10.7. The van der Waals surface area contributed by atoms with Crippen molar-refractivity contribution in [1.29, 1.82) is 0 Å². The van der Waals surface area contributed by atoms with Gasteiger partial charge in [0.25, 0.3) is 0 Å². The summed E-state index contributed by atoms with van der Waals surface area (Å²) in [6.07, 6.45) is 3.33. The van der Waals surface area contributed by atoms with E-state index in [0.29, 0.717) is 19.1 Å². The number of aliphatic hydroxyl groups is 1. The van der Waals surface area contributed by atoms with Gasteiger partial charge in [-0.05, 0) is 12.3 Å². The molecular formula is C13H28O3. The standard InChI is InChI=1S/C8H16O2.C5H12O/c1-6(2)5-10-8(9)7(3)4;1-2-3-4-5-6/h6-7H,5H2,1-4H3;6H,2-5H2,1H3. The molecule has 0 saturated carbocycles. The maximum atomic E-state index is 10.8. The number of carbonyl (C=O) groups is 1. The molecule has 0 spiro atoms. The van der Waals surface area contributed by atoms with Crippen molar-refractivity contribution in [1.82, 2.24) is 0 Å². The molecule has 0 rings (SSSR count). The van der Waals surface area contributed by atoms with Crippen molar-refractivity contribution in [3.63, 3.8) is 0 Å². The highest BCUT2D eigenvalue weighted by Crippen LogP contribution is 1.99. The molecule has 0 fully saturated rings. The first kappa shape index (κ1) is 17.8. The van der Waals surface area contributed by atoms with Crippen molar-refractivity contribution in [2.75, 3.05) is 13.2 Å². The van der Waals surface area contributed by atoms with Gasteiger partial charge in [-0.25, -0.2) is 0 Å². The van der Waals surface area contributed by atoms with Crippen molar-refractivity contribution in [2.24, 2.45) is 11.8 Å². The molecule has 0 aliphatic heterocycles. The maximum absolute atomic E-state index is 10.8. The van der Waals surface area contributed by atoms with Gasteiger partial charge in [-0.3, -0.25) is 4.79 Å². The summed E-state index contributed by atoms with van der Waals surface area (Å²) in [5.41, 5.74) is 0. The summed E-state index contributed by atoms with van der Waals surface area (Å²) in [4.78, 5) is 10.8. The molecule has 0 bridgehead atoms. The lowest BCUT2D eigenvalue weighted by atomic mass is 10.2. The molecule has 0 aliphatic rings. The number of rotatable bonds is 6. The van der Waals surface area contributed by atoms with Gasteiger partial charge in [0.2, 0.25) is 0 Å². The Morgan fingerprint density at radius 3 is 2.00 bits per heavy atom. The van der Waals surface area contributed by atoms with E-state index in [-0.39, 0.29) is 11.9 Å². The van der Waals surface area contributed by atoms with Crippen LogP contribution in [0.3, 0.4) is 0 Å². The Balaban J connectivity index is 0. The lowest BCUT2D eigenvalue weighted by Crippen LogP contribution is -2.14. The van der Waals surface area contributed by atoms with E-state index in [1.165, 1.54) is 6.42 Å². The maximum Gasteiger partial charge on any atom is 0.308 e. The molecule has 3 heteroatoms. The Bertz CT molecular complexity index is 149. The van der Waals surface area contributed by atoms with Crippen molar-refractivity contribution >= 4 is 5.97 Å².